The van der Waals surface area contributed by atoms with Gasteiger partial charge in [-0.3, -0.25) is 0 Å². The highest BCUT2D eigenvalue weighted by Crippen LogP contribution is 2.30. The Morgan fingerprint density at radius 2 is 1.95 bits per heavy atom. The van der Waals surface area contributed by atoms with E-state index in [0.717, 1.165) is 41.7 Å². The van der Waals surface area contributed by atoms with E-state index in [-0.39, 0.29) is 0 Å². The van der Waals surface area contributed by atoms with Crippen LogP contribution in [0.3, 0.4) is 0 Å². The number of fused-ring (bicyclic) bond motifs is 1. The summed E-state index contributed by atoms with van der Waals surface area (Å²) >= 11 is 0. The second kappa shape index (κ2) is 5.33. The summed E-state index contributed by atoms with van der Waals surface area (Å²) in [4.78, 5) is 4.73. The summed E-state index contributed by atoms with van der Waals surface area (Å²) in [6.45, 7) is 2.18. The molecule has 0 aliphatic heterocycles. The lowest BCUT2D eigenvalue weighted by molar-refractivity contribution is 0.775. The number of hydrogen-bond acceptors (Lipinski definition) is 3. The number of nitrogen functional groups attached to an aromatic ring is 1. The maximum atomic E-state index is 6.33. The van der Waals surface area contributed by atoms with Crippen molar-refractivity contribution in [2.75, 3.05) is 5.73 Å². The Labute approximate surface area is 118 Å². The van der Waals surface area contributed by atoms with E-state index >= 15 is 0 Å². The van der Waals surface area contributed by atoms with Gasteiger partial charge in [-0.05, 0) is 18.4 Å². The summed E-state index contributed by atoms with van der Waals surface area (Å²) in [6, 6.07) is 12.1. The van der Waals surface area contributed by atoms with Crippen LogP contribution in [0.15, 0.2) is 42.6 Å². The Balaban J connectivity index is 2.23. The molecule has 0 aliphatic rings. The zero-order valence-corrected chi connectivity index (χ0v) is 11.6. The fourth-order valence-corrected chi connectivity index (χ4v) is 2.46. The van der Waals surface area contributed by atoms with Crippen LogP contribution in [0.2, 0.25) is 0 Å². The fraction of sp³-hybridized carbons (Fsp3) is 0.250. The average molecular weight is 266 g/mol. The van der Waals surface area contributed by atoms with Crippen molar-refractivity contribution in [1.82, 2.24) is 14.6 Å². The molecule has 0 amide bonds. The molecular formula is C16H18N4. The van der Waals surface area contributed by atoms with Gasteiger partial charge in [-0.2, -0.15) is 9.61 Å². The lowest BCUT2D eigenvalue weighted by atomic mass is 10.0. The van der Waals surface area contributed by atoms with Gasteiger partial charge in [-0.15, -0.1) is 0 Å². The first-order valence-corrected chi connectivity index (χ1v) is 6.98. The van der Waals surface area contributed by atoms with Crippen molar-refractivity contribution in [1.29, 1.82) is 0 Å². The van der Waals surface area contributed by atoms with E-state index in [0.29, 0.717) is 5.82 Å². The minimum atomic E-state index is 0.664. The Bertz CT molecular complexity index is 716. The SMILES string of the molecule is CCCCc1nc2ccnn2c(N)c1-c1ccccc1. The van der Waals surface area contributed by atoms with Crippen molar-refractivity contribution >= 4 is 11.5 Å². The first-order valence-electron chi connectivity index (χ1n) is 6.98. The predicted octanol–water partition coefficient (Wildman–Crippen LogP) is 3.32. The van der Waals surface area contributed by atoms with Crippen molar-refractivity contribution in [3.8, 4) is 11.1 Å². The summed E-state index contributed by atoms with van der Waals surface area (Å²) < 4.78 is 1.71. The van der Waals surface area contributed by atoms with Gasteiger partial charge in [0.05, 0.1) is 11.9 Å². The molecule has 0 aliphatic carbocycles. The first kappa shape index (κ1) is 12.7. The molecule has 0 bridgehead atoms. The molecule has 2 N–H and O–H groups in total. The third-order valence-electron chi connectivity index (χ3n) is 3.47. The van der Waals surface area contributed by atoms with Gasteiger partial charge in [0.1, 0.15) is 5.82 Å². The van der Waals surface area contributed by atoms with Crippen LogP contribution < -0.4 is 5.73 Å². The van der Waals surface area contributed by atoms with Crippen molar-refractivity contribution in [3.05, 3.63) is 48.3 Å². The van der Waals surface area contributed by atoms with Crippen molar-refractivity contribution in [2.45, 2.75) is 26.2 Å². The number of benzene rings is 1. The zero-order valence-electron chi connectivity index (χ0n) is 11.6. The van der Waals surface area contributed by atoms with Crippen molar-refractivity contribution < 1.29 is 0 Å². The molecule has 0 radical (unpaired) electrons. The largest absolute Gasteiger partial charge is 0.383 e. The summed E-state index contributed by atoms with van der Waals surface area (Å²) in [5, 5.41) is 4.25. The lowest BCUT2D eigenvalue weighted by Gasteiger charge is -2.13. The van der Waals surface area contributed by atoms with E-state index in [2.05, 4.69) is 24.2 Å². The van der Waals surface area contributed by atoms with Crippen molar-refractivity contribution in [3.63, 3.8) is 0 Å². The van der Waals surface area contributed by atoms with Gasteiger partial charge in [0, 0.05) is 11.6 Å². The highest BCUT2D eigenvalue weighted by Gasteiger charge is 2.14. The van der Waals surface area contributed by atoms with Crippen LogP contribution in [0.5, 0.6) is 0 Å². The standard InChI is InChI=1S/C16H18N4/c1-2-3-9-13-15(12-7-5-4-6-8-12)16(17)20-14(19-13)10-11-18-20/h4-8,10-11H,2-3,9,17H2,1H3. The summed E-state index contributed by atoms with van der Waals surface area (Å²) in [5.74, 6) is 0.664. The maximum absolute atomic E-state index is 6.33. The van der Waals surface area contributed by atoms with Gasteiger partial charge in [0.2, 0.25) is 0 Å². The second-order valence-corrected chi connectivity index (χ2v) is 4.89. The van der Waals surface area contributed by atoms with Gasteiger partial charge in [-0.25, -0.2) is 4.98 Å². The van der Waals surface area contributed by atoms with E-state index in [4.69, 9.17) is 10.7 Å². The number of aromatic nitrogens is 3. The van der Waals surface area contributed by atoms with E-state index in [9.17, 15) is 0 Å². The molecule has 0 spiro atoms. The monoisotopic (exact) mass is 266 g/mol. The summed E-state index contributed by atoms with van der Waals surface area (Å²) in [6.07, 6.45) is 4.92. The molecule has 2 aromatic heterocycles. The molecule has 4 nitrogen and oxygen atoms in total. The van der Waals surface area contributed by atoms with Gasteiger partial charge in [0.25, 0.3) is 0 Å². The number of rotatable bonds is 4. The topological polar surface area (TPSA) is 56.2 Å². The first-order chi connectivity index (χ1) is 9.81. The van der Waals surface area contributed by atoms with E-state index in [1.165, 1.54) is 0 Å². The molecule has 102 valence electrons. The minimum absolute atomic E-state index is 0.664. The molecule has 0 atom stereocenters. The normalized spacial score (nSPS) is 11.1. The lowest BCUT2D eigenvalue weighted by Crippen LogP contribution is -2.07. The number of aryl methyl sites for hydroxylation is 1. The second-order valence-electron chi connectivity index (χ2n) is 4.89. The molecule has 2 heterocycles. The van der Waals surface area contributed by atoms with Crippen LogP contribution in [0.4, 0.5) is 5.82 Å². The Kier molecular flexibility index (Phi) is 3.37. The Morgan fingerprint density at radius 1 is 1.15 bits per heavy atom. The van der Waals surface area contributed by atoms with Crippen LogP contribution in [-0.4, -0.2) is 14.6 Å². The number of nitrogens with zero attached hydrogens (tertiary/aromatic N) is 3. The predicted molar refractivity (Wildman–Crippen MR) is 81.4 cm³/mol. The molecule has 0 saturated heterocycles. The molecule has 0 fully saturated rings. The van der Waals surface area contributed by atoms with Gasteiger partial charge < -0.3 is 5.73 Å². The molecule has 0 unspecified atom stereocenters. The fourth-order valence-electron chi connectivity index (χ4n) is 2.46. The molecule has 0 saturated carbocycles. The van der Waals surface area contributed by atoms with Crippen LogP contribution in [0.1, 0.15) is 25.5 Å². The summed E-state index contributed by atoms with van der Waals surface area (Å²) in [7, 11) is 0. The molecule has 4 heteroatoms. The average Bonchev–Trinajstić information content (AvgIpc) is 2.95. The third kappa shape index (κ3) is 2.13. The number of nitrogens with two attached hydrogens (primary N) is 1. The zero-order chi connectivity index (χ0) is 13.9. The van der Waals surface area contributed by atoms with Gasteiger partial charge in [-0.1, -0.05) is 43.7 Å². The summed E-state index contributed by atoms with van der Waals surface area (Å²) in [5.41, 5.74) is 10.3. The van der Waals surface area contributed by atoms with Crippen LogP contribution in [0, 0.1) is 0 Å². The third-order valence-corrected chi connectivity index (χ3v) is 3.47. The van der Waals surface area contributed by atoms with Crippen molar-refractivity contribution in [2.24, 2.45) is 0 Å². The van der Waals surface area contributed by atoms with E-state index < -0.39 is 0 Å². The Hall–Kier alpha value is -2.36. The van der Waals surface area contributed by atoms with Gasteiger partial charge in [0.15, 0.2) is 5.65 Å². The van der Waals surface area contributed by atoms with E-state index in [1.807, 2.05) is 24.3 Å². The molecule has 1 aromatic carbocycles. The molecule has 3 aromatic rings. The highest BCUT2D eigenvalue weighted by molar-refractivity contribution is 5.77. The number of hydrogen-bond donors (Lipinski definition) is 1. The highest BCUT2D eigenvalue weighted by atomic mass is 15.3. The molecular weight excluding hydrogens is 248 g/mol. The number of anilines is 1. The smallest absolute Gasteiger partial charge is 0.157 e. The Morgan fingerprint density at radius 3 is 2.70 bits per heavy atom. The molecule has 3 rings (SSSR count). The van der Waals surface area contributed by atoms with Crippen LogP contribution in [0.25, 0.3) is 16.8 Å². The van der Waals surface area contributed by atoms with Crippen LogP contribution in [-0.2, 0) is 6.42 Å². The quantitative estimate of drug-likeness (QED) is 0.788. The maximum Gasteiger partial charge on any atom is 0.157 e. The molecule has 20 heavy (non-hydrogen) atoms. The van der Waals surface area contributed by atoms with Crippen LogP contribution >= 0.6 is 0 Å². The minimum Gasteiger partial charge on any atom is -0.383 e. The van der Waals surface area contributed by atoms with Gasteiger partial charge >= 0.3 is 0 Å². The number of unbranched alkanes of at least 4 members (excludes halogenated alkanes) is 1. The van der Waals surface area contributed by atoms with E-state index in [1.54, 1.807) is 10.7 Å².